The molecule has 1 saturated heterocycles. The van der Waals surface area contributed by atoms with Gasteiger partial charge in [0.05, 0.1) is 5.92 Å². The Labute approximate surface area is 133 Å². The number of benzene rings is 1. The lowest BCUT2D eigenvalue weighted by Crippen LogP contribution is -2.55. The lowest BCUT2D eigenvalue weighted by atomic mass is 9.86. The van der Waals surface area contributed by atoms with Crippen LogP contribution in [0.3, 0.4) is 0 Å². The maximum Gasteiger partial charge on any atom is 0.228 e. The highest BCUT2D eigenvalue weighted by atomic mass is 35.5. The topological polar surface area (TPSA) is 32.3 Å². The minimum absolute atomic E-state index is 0. The molecule has 4 heteroatoms. The molecule has 0 aromatic heterocycles. The van der Waals surface area contributed by atoms with E-state index in [1.165, 1.54) is 11.1 Å². The van der Waals surface area contributed by atoms with Gasteiger partial charge in [-0.2, -0.15) is 0 Å². The van der Waals surface area contributed by atoms with Crippen molar-refractivity contribution in [2.45, 2.75) is 38.6 Å². The number of nitrogens with one attached hydrogen (secondary N) is 1. The van der Waals surface area contributed by atoms with Gasteiger partial charge in [-0.25, -0.2) is 0 Å². The number of carbonyl (C=O) groups excluding carboxylic acids is 1. The van der Waals surface area contributed by atoms with Gasteiger partial charge in [-0.3, -0.25) is 4.79 Å². The molecule has 0 spiro atoms. The molecular formula is C17H25ClN2O. The molecule has 116 valence electrons. The van der Waals surface area contributed by atoms with Gasteiger partial charge in [0.1, 0.15) is 0 Å². The van der Waals surface area contributed by atoms with E-state index < -0.39 is 0 Å². The number of rotatable bonds is 4. The molecular weight excluding hydrogens is 284 g/mol. The largest absolute Gasteiger partial charge is 0.339 e. The van der Waals surface area contributed by atoms with E-state index in [0.29, 0.717) is 11.9 Å². The molecule has 1 atom stereocenters. The van der Waals surface area contributed by atoms with Crippen LogP contribution in [0.25, 0.3) is 0 Å². The molecule has 1 unspecified atom stereocenters. The van der Waals surface area contributed by atoms with Crippen molar-refractivity contribution in [2.75, 3.05) is 19.6 Å². The second kappa shape index (κ2) is 7.28. The molecule has 1 aliphatic carbocycles. The highest BCUT2D eigenvalue weighted by Crippen LogP contribution is 2.26. The van der Waals surface area contributed by atoms with Gasteiger partial charge in [0.25, 0.3) is 0 Å². The summed E-state index contributed by atoms with van der Waals surface area (Å²) in [6, 6.07) is 9.09. The Bertz CT molecular complexity index is 487. The zero-order valence-electron chi connectivity index (χ0n) is 12.7. The fraction of sp³-hybridized carbons (Fsp3) is 0.588. The number of aryl methyl sites for hydroxylation is 1. The molecule has 0 bridgehead atoms. The predicted molar refractivity (Wildman–Crippen MR) is 87.9 cm³/mol. The molecule has 1 aliphatic heterocycles. The van der Waals surface area contributed by atoms with Gasteiger partial charge < -0.3 is 10.2 Å². The number of hydrogen-bond acceptors (Lipinski definition) is 2. The summed E-state index contributed by atoms with van der Waals surface area (Å²) in [6.45, 7) is 4.79. The smallest absolute Gasteiger partial charge is 0.228 e. The molecule has 21 heavy (non-hydrogen) atoms. The average molecular weight is 309 g/mol. The van der Waals surface area contributed by atoms with E-state index in [9.17, 15) is 4.79 Å². The first-order valence-corrected chi connectivity index (χ1v) is 7.87. The first kappa shape index (κ1) is 16.3. The van der Waals surface area contributed by atoms with Crippen molar-refractivity contribution in [2.24, 2.45) is 5.92 Å². The zero-order valence-corrected chi connectivity index (χ0v) is 13.5. The van der Waals surface area contributed by atoms with Crippen LogP contribution < -0.4 is 5.32 Å². The summed E-state index contributed by atoms with van der Waals surface area (Å²) in [5.74, 6) is 0.591. The maximum absolute atomic E-state index is 12.6. The van der Waals surface area contributed by atoms with Crippen LogP contribution in [0.15, 0.2) is 24.3 Å². The minimum Gasteiger partial charge on any atom is -0.339 e. The highest BCUT2D eigenvalue weighted by molar-refractivity contribution is 5.85. The van der Waals surface area contributed by atoms with E-state index in [-0.39, 0.29) is 18.3 Å². The fourth-order valence-electron chi connectivity index (χ4n) is 3.36. The lowest BCUT2D eigenvalue weighted by Gasteiger charge is -2.39. The molecule has 1 aromatic carbocycles. The van der Waals surface area contributed by atoms with Gasteiger partial charge in [0.15, 0.2) is 0 Å². The highest BCUT2D eigenvalue weighted by Gasteiger charge is 2.33. The Balaban J connectivity index is 0.00000161. The van der Waals surface area contributed by atoms with Crippen molar-refractivity contribution in [3.63, 3.8) is 0 Å². The Morgan fingerprint density at radius 1 is 1.29 bits per heavy atom. The van der Waals surface area contributed by atoms with Crippen LogP contribution in [0.4, 0.5) is 0 Å². The van der Waals surface area contributed by atoms with Crippen molar-refractivity contribution in [3.8, 4) is 0 Å². The van der Waals surface area contributed by atoms with Crippen molar-refractivity contribution in [1.29, 1.82) is 0 Å². The summed E-state index contributed by atoms with van der Waals surface area (Å²) >= 11 is 0. The van der Waals surface area contributed by atoms with E-state index in [1.807, 2.05) is 0 Å². The van der Waals surface area contributed by atoms with Gasteiger partial charge >= 0.3 is 0 Å². The van der Waals surface area contributed by atoms with Crippen LogP contribution in [0, 0.1) is 5.92 Å². The molecule has 0 radical (unpaired) electrons. The van der Waals surface area contributed by atoms with Crippen molar-refractivity contribution < 1.29 is 4.79 Å². The Kier molecular flexibility index (Phi) is 5.65. The number of halogens is 1. The van der Waals surface area contributed by atoms with Crippen molar-refractivity contribution in [3.05, 3.63) is 35.4 Å². The number of carbonyl (C=O) groups is 1. The number of nitrogens with zero attached hydrogens (tertiary/aromatic N) is 1. The Hall–Kier alpha value is -1.06. The second-order valence-corrected chi connectivity index (χ2v) is 6.05. The van der Waals surface area contributed by atoms with Crippen molar-refractivity contribution in [1.82, 2.24) is 10.2 Å². The Morgan fingerprint density at radius 2 is 2.00 bits per heavy atom. The second-order valence-electron chi connectivity index (χ2n) is 6.05. The van der Waals surface area contributed by atoms with Crippen LogP contribution in [-0.2, 0) is 17.6 Å². The SMILES string of the molecule is CCCN(C(=O)C1CNC1)C1CCc2ccccc2C1.Cl. The van der Waals surface area contributed by atoms with Gasteiger partial charge in [-0.15, -0.1) is 12.4 Å². The van der Waals surface area contributed by atoms with E-state index in [0.717, 1.165) is 45.3 Å². The summed E-state index contributed by atoms with van der Waals surface area (Å²) < 4.78 is 0. The summed E-state index contributed by atoms with van der Waals surface area (Å²) in [4.78, 5) is 14.8. The van der Waals surface area contributed by atoms with E-state index in [2.05, 4.69) is 41.4 Å². The fourth-order valence-corrected chi connectivity index (χ4v) is 3.36. The van der Waals surface area contributed by atoms with E-state index >= 15 is 0 Å². The molecule has 1 aromatic rings. The third-order valence-corrected chi connectivity index (χ3v) is 4.64. The van der Waals surface area contributed by atoms with Crippen LogP contribution in [-0.4, -0.2) is 36.5 Å². The molecule has 1 N–H and O–H groups in total. The van der Waals surface area contributed by atoms with Crippen LogP contribution >= 0.6 is 12.4 Å². The number of amides is 1. The van der Waals surface area contributed by atoms with Gasteiger partial charge in [0.2, 0.25) is 5.91 Å². The molecule has 1 heterocycles. The minimum atomic E-state index is 0. The van der Waals surface area contributed by atoms with Crippen LogP contribution in [0.2, 0.25) is 0 Å². The first-order chi connectivity index (χ1) is 9.79. The van der Waals surface area contributed by atoms with E-state index in [1.54, 1.807) is 0 Å². The molecule has 1 fully saturated rings. The third-order valence-electron chi connectivity index (χ3n) is 4.64. The van der Waals surface area contributed by atoms with Crippen molar-refractivity contribution >= 4 is 18.3 Å². The quantitative estimate of drug-likeness (QED) is 0.926. The lowest BCUT2D eigenvalue weighted by molar-refractivity contribution is -0.139. The first-order valence-electron chi connectivity index (χ1n) is 7.87. The zero-order chi connectivity index (χ0) is 13.9. The summed E-state index contributed by atoms with van der Waals surface area (Å²) in [6.07, 6.45) is 4.30. The summed E-state index contributed by atoms with van der Waals surface area (Å²) in [5, 5.41) is 3.21. The monoisotopic (exact) mass is 308 g/mol. The number of hydrogen-bond donors (Lipinski definition) is 1. The molecule has 2 aliphatic rings. The molecule has 3 nitrogen and oxygen atoms in total. The predicted octanol–water partition coefficient (Wildman–Crippen LogP) is 2.42. The summed E-state index contributed by atoms with van der Waals surface area (Å²) in [7, 11) is 0. The summed E-state index contributed by atoms with van der Waals surface area (Å²) in [5.41, 5.74) is 2.90. The molecule has 1 amide bonds. The normalized spacial score (nSPS) is 20.9. The molecule has 0 saturated carbocycles. The average Bonchev–Trinajstić information content (AvgIpc) is 2.42. The van der Waals surface area contributed by atoms with Crippen LogP contribution in [0.1, 0.15) is 30.9 Å². The van der Waals surface area contributed by atoms with Gasteiger partial charge in [-0.1, -0.05) is 31.2 Å². The molecule has 3 rings (SSSR count). The maximum atomic E-state index is 12.6. The number of fused-ring (bicyclic) bond motifs is 1. The van der Waals surface area contributed by atoms with Gasteiger partial charge in [0, 0.05) is 25.7 Å². The van der Waals surface area contributed by atoms with Gasteiger partial charge in [-0.05, 0) is 36.8 Å². The third kappa shape index (κ3) is 3.41. The van der Waals surface area contributed by atoms with Crippen LogP contribution in [0.5, 0.6) is 0 Å². The van der Waals surface area contributed by atoms with E-state index in [4.69, 9.17) is 0 Å². The standard InChI is InChI=1S/C17H24N2O.ClH/c1-2-9-19(17(20)15-11-18-12-15)16-8-7-13-5-3-4-6-14(13)10-16;/h3-6,15-16,18H,2,7-12H2,1H3;1H. The Morgan fingerprint density at radius 3 is 2.62 bits per heavy atom.